The lowest BCUT2D eigenvalue weighted by atomic mass is 10.1. The molecule has 0 amide bonds. The smallest absolute Gasteiger partial charge is 0.0302 e. The Kier molecular flexibility index (Phi) is 4.52. The third kappa shape index (κ3) is 2.83. The van der Waals surface area contributed by atoms with Gasteiger partial charge in [-0.15, -0.1) is 0 Å². The predicted molar refractivity (Wildman–Crippen MR) is 56.8 cm³/mol. The van der Waals surface area contributed by atoms with Crippen LogP contribution >= 0.6 is 0 Å². The molecule has 13 heavy (non-hydrogen) atoms. The van der Waals surface area contributed by atoms with Crippen LogP contribution in [0.2, 0.25) is 0 Å². The molecule has 1 aromatic rings. The lowest BCUT2D eigenvalue weighted by Crippen LogP contribution is -1.90. The molecule has 0 saturated heterocycles. The minimum atomic E-state index is 1.24. The summed E-state index contributed by atoms with van der Waals surface area (Å²) >= 11 is 0. The largest absolute Gasteiger partial charge is 0.264 e. The van der Waals surface area contributed by atoms with Crippen molar-refractivity contribution >= 4 is 0 Å². The molecule has 0 bridgehead atoms. The second-order valence-electron chi connectivity index (χ2n) is 3.21. The van der Waals surface area contributed by atoms with Crippen molar-refractivity contribution in [2.75, 3.05) is 0 Å². The number of aryl methyl sites for hydroxylation is 2. The Bertz CT molecular complexity index is 218. The summed E-state index contributed by atoms with van der Waals surface area (Å²) in [5.74, 6) is 0. The van der Waals surface area contributed by atoms with Crippen molar-refractivity contribution in [3.63, 3.8) is 0 Å². The van der Waals surface area contributed by atoms with Crippen LogP contribution in [0.5, 0.6) is 0 Å². The molecule has 0 unspecified atom stereocenters. The standard InChI is InChI=1S/C10H13N.C2H6/c1-2-4-9-6-7-11-8-10(9)5-3-1;1-2/h6-8H,1-5H2;1-2H3. The summed E-state index contributed by atoms with van der Waals surface area (Å²) in [6.45, 7) is 4.00. The number of aromatic nitrogens is 1. The Morgan fingerprint density at radius 3 is 2.46 bits per heavy atom. The zero-order valence-electron chi connectivity index (χ0n) is 8.71. The molecule has 0 aromatic carbocycles. The Balaban J connectivity index is 0.000000396. The molecule has 0 fully saturated rings. The second-order valence-corrected chi connectivity index (χ2v) is 3.21. The fourth-order valence-electron chi connectivity index (χ4n) is 1.73. The molecular formula is C12H19N. The SMILES string of the molecule is CC.c1cc2c(cn1)CCCCC2. The first-order chi connectivity index (χ1) is 6.47. The van der Waals surface area contributed by atoms with Crippen molar-refractivity contribution in [3.8, 4) is 0 Å². The van der Waals surface area contributed by atoms with Crippen LogP contribution in [-0.4, -0.2) is 4.98 Å². The molecule has 0 N–H and O–H groups in total. The maximum absolute atomic E-state index is 4.14. The Morgan fingerprint density at radius 1 is 1.00 bits per heavy atom. The lowest BCUT2D eigenvalue weighted by Gasteiger charge is -2.01. The van der Waals surface area contributed by atoms with Crippen molar-refractivity contribution < 1.29 is 0 Å². The highest BCUT2D eigenvalue weighted by Crippen LogP contribution is 2.18. The minimum absolute atomic E-state index is 1.24. The number of hydrogen-bond acceptors (Lipinski definition) is 1. The molecule has 1 heteroatoms. The highest BCUT2D eigenvalue weighted by atomic mass is 14.6. The maximum Gasteiger partial charge on any atom is 0.0302 e. The second kappa shape index (κ2) is 5.74. The lowest BCUT2D eigenvalue weighted by molar-refractivity contribution is 0.711. The van der Waals surface area contributed by atoms with Crippen LogP contribution < -0.4 is 0 Å². The van der Waals surface area contributed by atoms with Gasteiger partial charge in [-0.05, 0) is 42.9 Å². The van der Waals surface area contributed by atoms with Gasteiger partial charge in [0.1, 0.15) is 0 Å². The third-order valence-electron chi connectivity index (χ3n) is 2.40. The highest BCUT2D eigenvalue weighted by Gasteiger charge is 2.05. The fraction of sp³-hybridized carbons (Fsp3) is 0.583. The Hall–Kier alpha value is -0.850. The van der Waals surface area contributed by atoms with Gasteiger partial charge in [0.25, 0.3) is 0 Å². The molecular weight excluding hydrogens is 158 g/mol. The number of hydrogen-bond donors (Lipinski definition) is 0. The molecule has 1 aliphatic carbocycles. The maximum atomic E-state index is 4.14. The first kappa shape index (κ1) is 10.2. The van der Waals surface area contributed by atoms with E-state index >= 15 is 0 Å². The first-order valence-electron chi connectivity index (χ1n) is 5.38. The molecule has 1 nitrogen and oxygen atoms in total. The van der Waals surface area contributed by atoms with Crippen LogP contribution in [0.15, 0.2) is 18.5 Å². The van der Waals surface area contributed by atoms with E-state index in [0.29, 0.717) is 0 Å². The van der Waals surface area contributed by atoms with E-state index in [0.717, 1.165) is 0 Å². The summed E-state index contributed by atoms with van der Waals surface area (Å²) in [5.41, 5.74) is 3.00. The Morgan fingerprint density at radius 2 is 1.69 bits per heavy atom. The topological polar surface area (TPSA) is 12.9 Å². The van der Waals surface area contributed by atoms with E-state index in [9.17, 15) is 0 Å². The van der Waals surface area contributed by atoms with Crippen LogP contribution in [0.4, 0.5) is 0 Å². The summed E-state index contributed by atoms with van der Waals surface area (Å²) in [5, 5.41) is 0. The van der Waals surface area contributed by atoms with Crippen molar-refractivity contribution in [2.24, 2.45) is 0 Å². The van der Waals surface area contributed by atoms with Gasteiger partial charge in [-0.25, -0.2) is 0 Å². The fourth-order valence-corrected chi connectivity index (χ4v) is 1.73. The van der Waals surface area contributed by atoms with E-state index in [2.05, 4.69) is 11.1 Å². The first-order valence-corrected chi connectivity index (χ1v) is 5.38. The van der Waals surface area contributed by atoms with E-state index in [1.54, 1.807) is 0 Å². The molecule has 1 aliphatic rings. The van der Waals surface area contributed by atoms with Crippen LogP contribution in [-0.2, 0) is 12.8 Å². The van der Waals surface area contributed by atoms with Crippen molar-refractivity contribution in [1.29, 1.82) is 0 Å². The average Bonchev–Trinajstić information content (AvgIpc) is 2.45. The Labute approximate surface area is 81.2 Å². The van der Waals surface area contributed by atoms with E-state index in [1.807, 2.05) is 26.2 Å². The van der Waals surface area contributed by atoms with Crippen LogP contribution in [0.25, 0.3) is 0 Å². The molecule has 0 radical (unpaired) electrons. The highest BCUT2D eigenvalue weighted by molar-refractivity contribution is 5.24. The number of pyridine rings is 1. The molecule has 1 aromatic heterocycles. The van der Waals surface area contributed by atoms with Gasteiger partial charge in [-0.2, -0.15) is 0 Å². The van der Waals surface area contributed by atoms with Crippen molar-refractivity contribution in [2.45, 2.75) is 46.0 Å². The van der Waals surface area contributed by atoms with E-state index in [-0.39, 0.29) is 0 Å². The van der Waals surface area contributed by atoms with Gasteiger partial charge < -0.3 is 0 Å². The number of nitrogens with zero attached hydrogens (tertiary/aromatic N) is 1. The van der Waals surface area contributed by atoms with E-state index in [4.69, 9.17) is 0 Å². The van der Waals surface area contributed by atoms with Gasteiger partial charge in [0.2, 0.25) is 0 Å². The zero-order chi connectivity index (χ0) is 9.52. The van der Waals surface area contributed by atoms with Crippen molar-refractivity contribution in [1.82, 2.24) is 4.98 Å². The molecule has 1 heterocycles. The molecule has 0 aliphatic heterocycles. The number of rotatable bonds is 0. The van der Waals surface area contributed by atoms with Gasteiger partial charge >= 0.3 is 0 Å². The molecule has 0 spiro atoms. The van der Waals surface area contributed by atoms with Gasteiger partial charge in [-0.1, -0.05) is 20.3 Å². The monoisotopic (exact) mass is 177 g/mol. The average molecular weight is 177 g/mol. The summed E-state index contributed by atoms with van der Waals surface area (Å²) < 4.78 is 0. The number of fused-ring (bicyclic) bond motifs is 1. The zero-order valence-corrected chi connectivity index (χ0v) is 8.71. The quantitative estimate of drug-likeness (QED) is 0.554. The summed E-state index contributed by atoms with van der Waals surface area (Å²) in [4.78, 5) is 4.14. The van der Waals surface area contributed by atoms with E-state index < -0.39 is 0 Å². The van der Waals surface area contributed by atoms with Gasteiger partial charge in [0.15, 0.2) is 0 Å². The van der Waals surface area contributed by atoms with Crippen LogP contribution in [0.1, 0.15) is 44.2 Å². The van der Waals surface area contributed by atoms with Gasteiger partial charge in [-0.3, -0.25) is 4.98 Å². The van der Waals surface area contributed by atoms with Crippen molar-refractivity contribution in [3.05, 3.63) is 29.6 Å². The van der Waals surface area contributed by atoms with Gasteiger partial charge in [0, 0.05) is 12.4 Å². The summed E-state index contributed by atoms with van der Waals surface area (Å²) in [6.07, 6.45) is 10.5. The predicted octanol–water partition coefficient (Wildman–Crippen LogP) is 3.38. The van der Waals surface area contributed by atoms with Crippen LogP contribution in [0.3, 0.4) is 0 Å². The third-order valence-corrected chi connectivity index (χ3v) is 2.40. The molecule has 0 atom stereocenters. The molecule has 2 rings (SSSR count). The van der Waals surface area contributed by atoms with Gasteiger partial charge in [0.05, 0.1) is 0 Å². The molecule has 72 valence electrons. The molecule has 0 saturated carbocycles. The summed E-state index contributed by atoms with van der Waals surface area (Å²) in [6, 6.07) is 2.17. The normalized spacial score (nSPS) is 14.9. The van der Waals surface area contributed by atoms with Crippen LogP contribution in [0, 0.1) is 0 Å². The van der Waals surface area contributed by atoms with E-state index in [1.165, 1.54) is 43.2 Å². The summed E-state index contributed by atoms with van der Waals surface area (Å²) in [7, 11) is 0. The minimum Gasteiger partial charge on any atom is -0.264 e.